The van der Waals surface area contributed by atoms with Gasteiger partial charge < -0.3 is 19.5 Å². The molecule has 0 spiro atoms. The number of amides is 1. The topological polar surface area (TPSA) is 80.5 Å². The van der Waals surface area contributed by atoms with Crippen molar-refractivity contribution in [1.82, 2.24) is 10.1 Å². The van der Waals surface area contributed by atoms with Gasteiger partial charge in [0.1, 0.15) is 5.82 Å². The minimum Gasteiger partial charge on any atom is -0.479 e. The smallest absolute Gasteiger partial charge is 0.254 e. The molecule has 3 rings (SSSR count). The summed E-state index contributed by atoms with van der Waals surface area (Å²) in [5.74, 6) is 1.89. The first-order valence-electron chi connectivity index (χ1n) is 9.30. The lowest BCUT2D eigenvalue weighted by molar-refractivity contribution is -0.117. The summed E-state index contributed by atoms with van der Waals surface area (Å²) in [7, 11) is 1.57. The normalized spacial score (nSPS) is 14.0. The lowest BCUT2D eigenvalue weighted by atomic mass is 9.92. The molecule has 0 radical (unpaired) electrons. The highest BCUT2D eigenvalue weighted by molar-refractivity contribution is 5.91. The second kappa shape index (κ2) is 7.58. The van der Waals surface area contributed by atoms with E-state index in [4.69, 9.17) is 14.2 Å². The Morgan fingerprint density at radius 1 is 1.37 bits per heavy atom. The minimum atomic E-state index is -0.0544. The van der Waals surface area contributed by atoms with Gasteiger partial charge in [-0.15, -0.1) is 0 Å². The van der Waals surface area contributed by atoms with Crippen LogP contribution >= 0.6 is 0 Å². The molecule has 0 aliphatic carbocycles. The Morgan fingerprint density at radius 3 is 2.81 bits per heavy atom. The van der Waals surface area contributed by atoms with Gasteiger partial charge in [0.15, 0.2) is 5.76 Å². The van der Waals surface area contributed by atoms with E-state index in [0.29, 0.717) is 24.7 Å². The Bertz CT molecular complexity index is 823. The molecule has 1 amide bonds. The third kappa shape index (κ3) is 4.78. The predicted molar refractivity (Wildman–Crippen MR) is 104 cm³/mol. The molecule has 1 N–H and O–H groups in total. The summed E-state index contributed by atoms with van der Waals surface area (Å²) >= 11 is 0. The molecule has 0 saturated heterocycles. The number of fused-ring (bicyclic) bond motifs is 1. The second-order valence-electron chi connectivity index (χ2n) is 8.27. The van der Waals surface area contributed by atoms with Gasteiger partial charge in [0.05, 0.1) is 25.0 Å². The summed E-state index contributed by atoms with van der Waals surface area (Å²) < 4.78 is 10.4. The molecule has 2 aromatic rings. The molecular weight excluding hydrogens is 344 g/mol. The zero-order valence-electron chi connectivity index (χ0n) is 16.8. The van der Waals surface area contributed by atoms with Crippen molar-refractivity contribution in [3.63, 3.8) is 0 Å². The Morgan fingerprint density at radius 2 is 2.15 bits per heavy atom. The number of hydrogen-bond acceptors (Lipinski definition) is 6. The highest BCUT2D eigenvalue weighted by atomic mass is 16.5. The third-order valence-electron chi connectivity index (χ3n) is 4.49. The van der Waals surface area contributed by atoms with Gasteiger partial charge in [0, 0.05) is 19.0 Å². The number of nitrogens with one attached hydrogen (secondary N) is 1. The number of nitrogens with zero attached hydrogens (tertiary/aromatic N) is 3. The molecule has 2 aromatic heterocycles. The Kier molecular flexibility index (Phi) is 5.39. The predicted octanol–water partition coefficient (Wildman–Crippen LogP) is 3.71. The lowest BCUT2D eigenvalue weighted by Crippen LogP contribution is -2.30. The zero-order chi connectivity index (χ0) is 19.6. The summed E-state index contributed by atoms with van der Waals surface area (Å²) in [5.41, 5.74) is 2.99. The molecular formula is C20H28N4O3. The van der Waals surface area contributed by atoms with Crippen LogP contribution in [0.15, 0.2) is 16.7 Å². The maximum Gasteiger partial charge on any atom is 0.254 e. The van der Waals surface area contributed by atoms with Crippen molar-refractivity contribution < 1.29 is 14.1 Å². The van der Waals surface area contributed by atoms with E-state index in [1.807, 2.05) is 6.92 Å². The van der Waals surface area contributed by atoms with Crippen LogP contribution in [0.4, 0.5) is 11.5 Å². The highest BCUT2D eigenvalue weighted by Gasteiger charge is 2.23. The average Bonchev–Trinajstić information content (AvgIpc) is 3.02. The van der Waals surface area contributed by atoms with Crippen LogP contribution in [0.3, 0.4) is 0 Å². The molecule has 1 aliphatic heterocycles. The Balaban J connectivity index is 1.78. The van der Waals surface area contributed by atoms with E-state index in [0.717, 1.165) is 42.1 Å². The number of methoxy groups -OCH3 is 1. The van der Waals surface area contributed by atoms with Gasteiger partial charge >= 0.3 is 0 Å². The first-order valence-corrected chi connectivity index (χ1v) is 9.30. The molecule has 146 valence electrons. The molecule has 1 aliphatic rings. The SMILES string of the molecule is COc1cc(CN2CCCc3nc(NC(=O)CC(C)(C)C)c(C)cc32)on1. The van der Waals surface area contributed by atoms with Crippen LogP contribution < -0.4 is 15.0 Å². The van der Waals surface area contributed by atoms with Crippen LogP contribution in [0.2, 0.25) is 0 Å². The van der Waals surface area contributed by atoms with Crippen LogP contribution in [0.25, 0.3) is 0 Å². The number of carbonyl (C=O) groups is 1. The van der Waals surface area contributed by atoms with Crippen LogP contribution in [0.1, 0.15) is 50.6 Å². The quantitative estimate of drug-likeness (QED) is 0.862. The average molecular weight is 372 g/mol. The molecule has 3 heterocycles. The lowest BCUT2D eigenvalue weighted by Gasteiger charge is -2.30. The van der Waals surface area contributed by atoms with Gasteiger partial charge in [-0.1, -0.05) is 20.8 Å². The maximum absolute atomic E-state index is 12.3. The van der Waals surface area contributed by atoms with Crippen molar-refractivity contribution in [3.05, 3.63) is 29.2 Å². The molecule has 0 aromatic carbocycles. The molecule has 0 unspecified atom stereocenters. The Labute approximate surface area is 160 Å². The maximum atomic E-state index is 12.3. The third-order valence-corrected chi connectivity index (χ3v) is 4.49. The van der Waals surface area contributed by atoms with Gasteiger partial charge in [-0.3, -0.25) is 4.79 Å². The van der Waals surface area contributed by atoms with Crippen molar-refractivity contribution in [2.24, 2.45) is 5.41 Å². The number of carbonyl (C=O) groups excluding carboxylic acids is 1. The van der Waals surface area contributed by atoms with E-state index < -0.39 is 0 Å². The van der Waals surface area contributed by atoms with Crippen LogP contribution in [0, 0.1) is 12.3 Å². The number of ether oxygens (including phenoxy) is 1. The van der Waals surface area contributed by atoms with Gasteiger partial charge in [0.25, 0.3) is 5.88 Å². The van der Waals surface area contributed by atoms with E-state index in [9.17, 15) is 4.79 Å². The van der Waals surface area contributed by atoms with Crippen molar-refractivity contribution >= 4 is 17.4 Å². The highest BCUT2D eigenvalue weighted by Crippen LogP contribution is 2.31. The molecule has 0 bridgehead atoms. The van der Waals surface area contributed by atoms with Gasteiger partial charge in [-0.2, -0.15) is 0 Å². The van der Waals surface area contributed by atoms with E-state index in [1.54, 1.807) is 13.2 Å². The summed E-state index contributed by atoms with van der Waals surface area (Å²) in [6.45, 7) is 9.67. The van der Waals surface area contributed by atoms with Crippen molar-refractivity contribution in [1.29, 1.82) is 0 Å². The van der Waals surface area contributed by atoms with E-state index >= 15 is 0 Å². The largest absolute Gasteiger partial charge is 0.479 e. The van der Waals surface area contributed by atoms with Crippen molar-refractivity contribution in [2.45, 2.75) is 53.5 Å². The second-order valence-corrected chi connectivity index (χ2v) is 8.27. The summed E-state index contributed by atoms with van der Waals surface area (Å²) in [5, 5.41) is 6.84. The molecule has 0 saturated carbocycles. The molecule has 0 atom stereocenters. The molecule has 7 heteroatoms. The fraction of sp³-hybridized carbons (Fsp3) is 0.550. The van der Waals surface area contributed by atoms with Gasteiger partial charge in [-0.05, 0) is 42.0 Å². The van der Waals surface area contributed by atoms with Crippen molar-refractivity contribution in [2.75, 3.05) is 23.9 Å². The summed E-state index contributed by atoms with van der Waals surface area (Å²) in [6.07, 6.45) is 2.36. The molecule has 7 nitrogen and oxygen atoms in total. The first-order chi connectivity index (χ1) is 12.7. The summed E-state index contributed by atoms with van der Waals surface area (Å²) in [6, 6.07) is 3.90. The van der Waals surface area contributed by atoms with Gasteiger partial charge in [-0.25, -0.2) is 4.98 Å². The monoisotopic (exact) mass is 372 g/mol. The minimum absolute atomic E-state index is 0.000490. The van der Waals surface area contributed by atoms with Crippen molar-refractivity contribution in [3.8, 4) is 5.88 Å². The van der Waals surface area contributed by atoms with E-state index in [2.05, 4.69) is 42.2 Å². The fourth-order valence-electron chi connectivity index (χ4n) is 3.25. The number of hydrogen-bond donors (Lipinski definition) is 1. The zero-order valence-corrected chi connectivity index (χ0v) is 16.8. The first kappa shape index (κ1) is 19.2. The van der Waals surface area contributed by atoms with Crippen LogP contribution in [-0.4, -0.2) is 29.7 Å². The Hall–Kier alpha value is -2.57. The number of rotatable bonds is 5. The summed E-state index contributed by atoms with van der Waals surface area (Å²) in [4.78, 5) is 19.3. The standard InChI is InChI=1S/C20H28N4O3/c1-13-9-16-15(21-19(13)22-17(25)11-20(2,3)4)7-6-8-24(16)12-14-10-18(26-5)23-27-14/h9-10H,6-8,11-12H2,1-5H3,(H,21,22,25). The number of aryl methyl sites for hydroxylation is 2. The van der Waals surface area contributed by atoms with Gasteiger partial charge in [0.2, 0.25) is 5.91 Å². The fourth-order valence-corrected chi connectivity index (χ4v) is 3.25. The number of aromatic nitrogens is 2. The molecule has 27 heavy (non-hydrogen) atoms. The number of anilines is 2. The number of pyridine rings is 1. The van der Waals surface area contributed by atoms with Crippen LogP contribution in [-0.2, 0) is 17.8 Å². The van der Waals surface area contributed by atoms with Crippen LogP contribution in [0.5, 0.6) is 5.88 Å². The molecule has 0 fully saturated rings. The van der Waals surface area contributed by atoms with E-state index in [1.165, 1.54) is 0 Å². The van der Waals surface area contributed by atoms with E-state index in [-0.39, 0.29) is 11.3 Å².